The summed E-state index contributed by atoms with van der Waals surface area (Å²) in [5.41, 5.74) is 1.87. The molecule has 2 aromatic rings. The molecule has 1 aliphatic rings. The first-order valence-corrected chi connectivity index (χ1v) is 9.25. The summed E-state index contributed by atoms with van der Waals surface area (Å²) < 4.78 is 0. The maximum atomic E-state index is 12.7. The SMILES string of the molecule is CCN1C(=O)[C@@H](CC(=O)N[C@H](C)c2ccccc2)Sc2ncccc21. The van der Waals surface area contributed by atoms with Gasteiger partial charge in [-0.2, -0.15) is 0 Å². The number of carbonyl (C=O) groups is 2. The van der Waals surface area contributed by atoms with E-state index in [4.69, 9.17) is 0 Å². The van der Waals surface area contributed by atoms with Gasteiger partial charge < -0.3 is 10.2 Å². The van der Waals surface area contributed by atoms with Gasteiger partial charge in [-0.25, -0.2) is 4.98 Å². The number of fused-ring (bicyclic) bond motifs is 1. The number of hydrogen-bond donors (Lipinski definition) is 1. The highest BCUT2D eigenvalue weighted by molar-refractivity contribution is 8.00. The number of carbonyl (C=O) groups excluding carboxylic acids is 2. The third kappa shape index (κ3) is 3.85. The third-order valence-corrected chi connectivity index (χ3v) is 5.39. The van der Waals surface area contributed by atoms with E-state index in [-0.39, 0.29) is 24.3 Å². The molecule has 2 heterocycles. The Hall–Kier alpha value is -2.34. The summed E-state index contributed by atoms with van der Waals surface area (Å²) in [7, 11) is 0. The minimum atomic E-state index is -0.440. The molecule has 3 rings (SSSR count). The summed E-state index contributed by atoms with van der Waals surface area (Å²) in [6.07, 6.45) is 1.86. The van der Waals surface area contributed by atoms with E-state index >= 15 is 0 Å². The van der Waals surface area contributed by atoms with Crippen LogP contribution in [0.25, 0.3) is 0 Å². The van der Waals surface area contributed by atoms with Crippen LogP contribution in [0.4, 0.5) is 5.69 Å². The number of hydrogen-bond acceptors (Lipinski definition) is 4. The Morgan fingerprint density at radius 2 is 2.04 bits per heavy atom. The summed E-state index contributed by atoms with van der Waals surface area (Å²) in [5.74, 6) is -0.159. The fourth-order valence-corrected chi connectivity index (χ4v) is 4.06. The minimum absolute atomic E-state index is 0.0319. The van der Waals surface area contributed by atoms with Crippen molar-refractivity contribution < 1.29 is 9.59 Å². The molecular formula is C19H21N3O2S. The van der Waals surface area contributed by atoms with Gasteiger partial charge in [0, 0.05) is 19.2 Å². The number of thioether (sulfide) groups is 1. The molecular weight excluding hydrogens is 334 g/mol. The molecule has 0 aliphatic carbocycles. The summed E-state index contributed by atoms with van der Waals surface area (Å²) in [6, 6.07) is 13.4. The lowest BCUT2D eigenvalue weighted by Crippen LogP contribution is -2.43. The van der Waals surface area contributed by atoms with E-state index < -0.39 is 5.25 Å². The van der Waals surface area contributed by atoms with Crippen LogP contribution in [0.15, 0.2) is 53.7 Å². The third-order valence-electron chi connectivity index (χ3n) is 4.20. The Bertz CT molecular complexity index is 766. The van der Waals surface area contributed by atoms with Gasteiger partial charge in [0.05, 0.1) is 17.0 Å². The number of amides is 2. The second-order valence-corrected chi connectivity index (χ2v) is 7.11. The number of nitrogens with one attached hydrogen (secondary N) is 1. The van der Waals surface area contributed by atoms with E-state index in [0.717, 1.165) is 16.3 Å². The topological polar surface area (TPSA) is 62.3 Å². The van der Waals surface area contributed by atoms with E-state index in [1.807, 2.05) is 56.3 Å². The van der Waals surface area contributed by atoms with Crippen molar-refractivity contribution in [3.05, 3.63) is 54.2 Å². The molecule has 0 spiro atoms. The molecule has 5 nitrogen and oxygen atoms in total. The smallest absolute Gasteiger partial charge is 0.241 e. The number of nitrogens with zero attached hydrogens (tertiary/aromatic N) is 2. The normalized spacial score (nSPS) is 17.8. The number of pyridine rings is 1. The maximum Gasteiger partial charge on any atom is 0.241 e. The Balaban J connectivity index is 1.68. The van der Waals surface area contributed by atoms with Crippen LogP contribution in [0.1, 0.15) is 31.9 Å². The van der Waals surface area contributed by atoms with Crippen molar-refractivity contribution >= 4 is 29.3 Å². The molecule has 0 saturated carbocycles. The van der Waals surface area contributed by atoms with Crippen molar-refractivity contribution in [3.63, 3.8) is 0 Å². The number of benzene rings is 1. The van der Waals surface area contributed by atoms with Gasteiger partial charge in [-0.05, 0) is 31.5 Å². The largest absolute Gasteiger partial charge is 0.350 e. The van der Waals surface area contributed by atoms with Crippen LogP contribution in [0.5, 0.6) is 0 Å². The standard InChI is InChI=1S/C19H21N3O2S/c1-3-22-15-10-7-11-20-18(15)25-16(19(22)24)12-17(23)21-13(2)14-8-5-4-6-9-14/h4-11,13,16H,3,12H2,1-2H3,(H,21,23)/t13-,16-/m1/s1. The number of aromatic nitrogens is 1. The monoisotopic (exact) mass is 355 g/mol. The molecule has 130 valence electrons. The van der Waals surface area contributed by atoms with Gasteiger partial charge in [0.15, 0.2) is 0 Å². The van der Waals surface area contributed by atoms with Gasteiger partial charge >= 0.3 is 0 Å². The molecule has 0 unspecified atom stereocenters. The quantitative estimate of drug-likeness (QED) is 0.895. The fourth-order valence-electron chi connectivity index (χ4n) is 2.91. The van der Waals surface area contributed by atoms with Crippen molar-refractivity contribution in [2.24, 2.45) is 0 Å². The zero-order chi connectivity index (χ0) is 17.8. The summed E-state index contributed by atoms with van der Waals surface area (Å²) in [5, 5.41) is 3.34. The van der Waals surface area contributed by atoms with Crippen LogP contribution in [0.3, 0.4) is 0 Å². The van der Waals surface area contributed by atoms with Gasteiger partial charge in [-0.1, -0.05) is 42.1 Å². The highest BCUT2D eigenvalue weighted by Crippen LogP contribution is 2.38. The van der Waals surface area contributed by atoms with Gasteiger partial charge in [0.2, 0.25) is 11.8 Å². The highest BCUT2D eigenvalue weighted by Gasteiger charge is 2.34. The van der Waals surface area contributed by atoms with Gasteiger partial charge in [0.1, 0.15) is 5.03 Å². The van der Waals surface area contributed by atoms with E-state index in [1.165, 1.54) is 11.8 Å². The Kier molecular flexibility index (Phi) is 5.38. The van der Waals surface area contributed by atoms with Crippen LogP contribution in [0, 0.1) is 0 Å². The zero-order valence-corrected chi connectivity index (χ0v) is 15.1. The zero-order valence-electron chi connectivity index (χ0n) is 14.3. The Morgan fingerprint density at radius 1 is 1.28 bits per heavy atom. The van der Waals surface area contributed by atoms with Crippen LogP contribution in [0.2, 0.25) is 0 Å². The van der Waals surface area contributed by atoms with Crippen LogP contribution in [-0.2, 0) is 9.59 Å². The molecule has 2 amide bonds. The molecule has 1 aromatic carbocycles. The maximum absolute atomic E-state index is 12.7. The van der Waals surface area contributed by atoms with Crippen molar-refractivity contribution in [1.29, 1.82) is 0 Å². The lowest BCUT2D eigenvalue weighted by Gasteiger charge is -2.32. The lowest BCUT2D eigenvalue weighted by molar-refractivity contribution is -0.125. The van der Waals surface area contributed by atoms with Crippen LogP contribution in [-0.4, -0.2) is 28.6 Å². The summed E-state index contributed by atoms with van der Waals surface area (Å²) >= 11 is 1.37. The average molecular weight is 355 g/mol. The van der Waals surface area contributed by atoms with Crippen molar-refractivity contribution in [2.75, 3.05) is 11.4 Å². The number of anilines is 1. The molecule has 0 fully saturated rings. The van der Waals surface area contributed by atoms with Crippen LogP contribution < -0.4 is 10.2 Å². The van der Waals surface area contributed by atoms with Gasteiger partial charge in [0.25, 0.3) is 0 Å². The predicted octanol–water partition coefficient (Wildman–Crippen LogP) is 3.18. The molecule has 0 radical (unpaired) electrons. The molecule has 1 N–H and O–H groups in total. The van der Waals surface area contributed by atoms with Crippen LogP contribution >= 0.6 is 11.8 Å². The average Bonchev–Trinajstić information content (AvgIpc) is 2.63. The molecule has 6 heteroatoms. The first-order valence-electron chi connectivity index (χ1n) is 8.37. The molecule has 1 aliphatic heterocycles. The second kappa shape index (κ2) is 7.70. The van der Waals surface area contributed by atoms with Crippen molar-refractivity contribution in [1.82, 2.24) is 10.3 Å². The molecule has 25 heavy (non-hydrogen) atoms. The van der Waals surface area contributed by atoms with E-state index in [0.29, 0.717) is 6.54 Å². The number of rotatable bonds is 5. The Labute approximate surface area is 151 Å². The first kappa shape index (κ1) is 17.5. The van der Waals surface area contributed by atoms with Crippen molar-refractivity contribution in [2.45, 2.75) is 36.6 Å². The minimum Gasteiger partial charge on any atom is -0.350 e. The van der Waals surface area contributed by atoms with Gasteiger partial charge in [-0.3, -0.25) is 9.59 Å². The van der Waals surface area contributed by atoms with E-state index in [1.54, 1.807) is 11.1 Å². The van der Waals surface area contributed by atoms with Gasteiger partial charge in [-0.15, -0.1) is 0 Å². The van der Waals surface area contributed by atoms with Crippen molar-refractivity contribution in [3.8, 4) is 0 Å². The van der Waals surface area contributed by atoms with E-state index in [9.17, 15) is 9.59 Å². The highest BCUT2D eigenvalue weighted by atomic mass is 32.2. The second-order valence-electron chi connectivity index (χ2n) is 5.92. The van der Waals surface area contributed by atoms with E-state index in [2.05, 4.69) is 10.3 Å². The lowest BCUT2D eigenvalue weighted by atomic mass is 10.1. The molecule has 1 aromatic heterocycles. The summed E-state index contributed by atoms with van der Waals surface area (Å²) in [6.45, 7) is 4.44. The molecule has 0 saturated heterocycles. The molecule has 2 atom stereocenters. The summed E-state index contributed by atoms with van der Waals surface area (Å²) in [4.78, 5) is 31.2. The first-order chi connectivity index (χ1) is 12.1. The predicted molar refractivity (Wildman–Crippen MR) is 99.5 cm³/mol. The Morgan fingerprint density at radius 3 is 2.76 bits per heavy atom. The molecule has 0 bridgehead atoms. The fraction of sp³-hybridized carbons (Fsp3) is 0.316.